The number of carbonyl (C=O) groups is 1. The van der Waals surface area contributed by atoms with Crippen molar-refractivity contribution in [1.82, 2.24) is 24.8 Å². The lowest BCUT2D eigenvalue weighted by atomic mass is 10.0. The first-order valence-corrected chi connectivity index (χ1v) is 15.5. The molecule has 0 bridgehead atoms. The van der Waals surface area contributed by atoms with Crippen LogP contribution in [0.15, 0.2) is 24.4 Å². The van der Waals surface area contributed by atoms with E-state index in [0.29, 0.717) is 29.2 Å². The third kappa shape index (κ3) is 5.38. The molecule has 0 unspecified atom stereocenters. The lowest BCUT2D eigenvalue weighted by Gasteiger charge is -2.42. The Labute approximate surface area is 247 Å². The molecule has 1 aromatic carbocycles. The number of carbonyl (C=O) groups excluding carboxylic acids is 1. The molecule has 41 heavy (non-hydrogen) atoms. The van der Waals surface area contributed by atoms with E-state index in [1.807, 2.05) is 11.9 Å². The van der Waals surface area contributed by atoms with Gasteiger partial charge >= 0.3 is 0 Å². The lowest BCUT2D eigenvalue weighted by molar-refractivity contribution is 0.0982. The molecule has 2 saturated heterocycles. The van der Waals surface area contributed by atoms with Crippen molar-refractivity contribution in [3.8, 4) is 0 Å². The van der Waals surface area contributed by atoms with Gasteiger partial charge in [-0.25, -0.2) is 9.97 Å². The molecule has 0 saturated carbocycles. The van der Waals surface area contributed by atoms with Crippen LogP contribution in [0.5, 0.6) is 0 Å². The number of piperazine rings is 1. The zero-order chi connectivity index (χ0) is 28.8. The van der Waals surface area contributed by atoms with Crippen molar-refractivity contribution in [2.45, 2.75) is 45.6 Å². The van der Waals surface area contributed by atoms with E-state index in [2.05, 4.69) is 76.0 Å². The van der Waals surface area contributed by atoms with Crippen molar-refractivity contribution in [2.75, 3.05) is 80.4 Å². The van der Waals surface area contributed by atoms with Crippen molar-refractivity contribution in [2.24, 2.45) is 0 Å². The molecule has 5 heterocycles. The summed E-state index contributed by atoms with van der Waals surface area (Å²) in [6.45, 7) is 13.2. The SMILES string of the molecule is Cc1cc(N2CCC(N3CCN(C)CC3)CC2)ccc1Nc1ncc2c(n1)N(C)c1sc(C(C)C)nc1C(=O)N2C. The summed E-state index contributed by atoms with van der Waals surface area (Å²) in [5.74, 6) is 1.28. The number of likely N-dealkylation sites (N-methyl/N-ethyl adjacent to an activating group) is 1. The Morgan fingerprint density at radius 1 is 0.976 bits per heavy atom. The molecule has 0 aliphatic carbocycles. The highest BCUT2D eigenvalue weighted by Crippen LogP contribution is 2.42. The highest BCUT2D eigenvalue weighted by Gasteiger charge is 2.33. The van der Waals surface area contributed by atoms with E-state index in [9.17, 15) is 4.79 Å². The van der Waals surface area contributed by atoms with Gasteiger partial charge in [0.15, 0.2) is 11.5 Å². The molecular formula is C30H41N9OS. The van der Waals surface area contributed by atoms with Gasteiger partial charge in [-0.2, -0.15) is 4.98 Å². The third-order valence-electron chi connectivity index (χ3n) is 8.70. The Morgan fingerprint density at radius 3 is 2.39 bits per heavy atom. The lowest BCUT2D eigenvalue weighted by Crippen LogP contribution is -2.52. The molecule has 6 rings (SSSR count). The summed E-state index contributed by atoms with van der Waals surface area (Å²) in [6, 6.07) is 7.29. The second kappa shape index (κ2) is 11.2. The van der Waals surface area contributed by atoms with Gasteiger partial charge in [0.2, 0.25) is 5.95 Å². The molecule has 0 radical (unpaired) electrons. The maximum atomic E-state index is 13.2. The molecule has 3 aliphatic heterocycles. The van der Waals surface area contributed by atoms with Gasteiger partial charge in [-0.15, -0.1) is 11.3 Å². The number of hydrogen-bond acceptors (Lipinski definition) is 10. The van der Waals surface area contributed by atoms with Crippen molar-refractivity contribution < 1.29 is 4.79 Å². The van der Waals surface area contributed by atoms with Crippen molar-refractivity contribution in [3.05, 3.63) is 40.7 Å². The maximum absolute atomic E-state index is 13.2. The largest absolute Gasteiger partial charge is 0.371 e. The normalized spacial score (nSPS) is 19.0. The molecule has 2 fully saturated rings. The molecule has 3 aromatic rings. The number of aromatic nitrogens is 3. The van der Waals surface area contributed by atoms with Crippen molar-refractivity contribution in [3.63, 3.8) is 0 Å². The molecule has 0 atom stereocenters. The van der Waals surface area contributed by atoms with Crippen LogP contribution in [0.3, 0.4) is 0 Å². The summed E-state index contributed by atoms with van der Waals surface area (Å²) in [6.07, 6.45) is 4.15. The van der Waals surface area contributed by atoms with Crippen LogP contribution in [0.1, 0.15) is 53.7 Å². The number of anilines is 6. The van der Waals surface area contributed by atoms with Crippen LogP contribution in [0.2, 0.25) is 0 Å². The van der Waals surface area contributed by atoms with Crippen molar-refractivity contribution in [1.29, 1.82) is 0 Å². The number of piperidine rings is 1. The zero-order valence-corrected chi connectivity index (χ0v) is 25.8. The minimum Gasteiger partial charge on any atom is -0.371 e. The Bertz CT molecular complexity index is 1420. The molecule has 218 valence electrons. The first kappa shape index (κ1) is 27.9. The fourth-order valence-electron chi connectivity index (χ4n) is 6.00. The van der Waals surface area contributed by atoms with Crippen LogP contribution >= 0.6 is 11.3 Å². The van der Waals surface area contributed by atoms with Gasteiger partial charge in [0.1, 0.15) is 10.7 Å². The van der Waals surface area contributed by atoms with Crippen LogP contribution in [-0.4, -0.2) is 97.1 Å². The van der Waals surface area contributed by atoms with E-state index in [0.717, 1.165) is 34.3 Å². The summed E-state index contributed by atoms with van der Waals surface area (Å²) in [5.41, 5.74) is 4.52. The average molecular weight is 576 g/mol. The van der Waals surface area contributed by atoms with Gasteiger partial charge in [-0.3, -0.25) is 9.69 Å². The summed E-state index contributed by atoms with van der Waals surface area (Å²) < 4.78 is 0. The number of benzene rings is 1. The Hall–Kier alpha value is -3.28. The number of fused-ring (bicyclic) bond motifs is 2. The number of hydrogen-bond donors (Lipinski definition) is 1. The van der Waals surface area contributed by atoms with Crippen LogP contribution < -0.4 is 20.0 Å². The van der Waals surface area contributed by atoms with E-state index in [1.54, 1.807) is 29.5 Å². The number of nitrogens with zero attached hydrogens (tertiary/aromatic N) is 8. The average Bonchev–Trinajstić information content (AvgIpc) is 3.41. The molecule has 3 aliphatic rings. The van der Waals surface area contributed by atoms with Crippen LogP contribution in [0, 0.1) is 6.92 Å². The standard InChI is InChI=1S/C30H41N9OS/c1-19(2)27-33-25-28(40)36(5)24-18-31-30(34-26(24)37(6)29(25)41-27)32-23-8-7-22(17-20(23)3)38-11-9-21(10-12-38)39-15-13-35(4)14-16-39/h7-8,17-19,21H,9-16H2,1-6H3,(H,31,32,34). The highest BCUT2D eigenvalue weighted by molar-refractivity contribution is 7.16. The van der Waals surface area contributed by atoms with Crippen LogP contribution in [0.25, 0.3) is 0 Å². The van der Waals surface area contributed by atoms with Crippen molar-refractivity contribution >= 4 is 51.1 Å². The fourth-order valence-corrected chi connectivity index (χ4v) is 7.02. The molecule has 10 nitrogen and oxygen atoms in total. The number of rotatable bonds is 5. The molecule has 1 N–H and O–H groups in total. The van der Waals surface area contributed by atoms with Gasteiger partial charge < -0.3 is 24.9 Å². The van der Waals surface area contributed by atoms with Gasteiger partial charge in [0.25, 0.3) is 5.91 Å². The first-order chi connectivity index (χ1) is 19.7. The zero-order valence-electron chi connectivity index (χ0n) is 25.0. The number of amides is 1. The minimum absolute atomic E-state index is 0.142. The van der Waals surface area contributed by atoms with E-state index in [4.69, 9.17) is 4.98 Å². The first-order valence-electron chi connectivity index (χ1n) is 14.6. The van der Waals surface area contributed by atoms with E-state index >= 15 is 0 Å². The predicted octanol–water partition coefficient (Wildman–Crippen LogP) is 4.68. The molecule has 11 heteroatoms. The second-order valence-corrected chi connectivity index (χ2v) is 12.9. The van der Waals surface area contributed by atoms with Gasteiger partial charge in [0.05, 0.1) is 11.2 Å². The fraction of sp³-hybridized carbons (Fsp3) is 0.533. The Balaban J connectivity index is 1.17. The highest BCUT2D eigenvalue weighted by atomic mass is 32.1. The van der Waals surface area contributed by atoms with E-state index in [-0.39, 0.29) is 11.8 Å². The number of thiazole rings is 1. The Morgan fingerprint density at radius 2 is 1.71 bits per heavy atom. The maximum Gasteiger partial charge on any atom is 0.279 e. The summed E-state index contributed by atoms with van der Waals surface area (Å²) in [5, 5.41) is 5.18. The van der Waals surface area contributed by atoms with Gasteiger partial charge in [0, 0.05) is 76.7 Å². The molecule has 0 spiro atoms. The summed E-state index contributed by atoms with van der Waals surface area (Å²) in [4.78, 5) is 38.5. The van der Waals surface area contributed by atoms with Crippen LogP contribution in [-0.2, 0) is 0 Å². The monoisotopic (exact) mass is 575 g/mol. The van der Waals surface area contributed by atoms with E-state index in [1.165, 1.54) is 44.7 Å². The number of nitrogens with one attached hydrogen (secondary N) is 1. The third-order valence-corrected chi connectivity index (χ3v) is 10.1. The second-order valence-electron chi connectivity index (χ2n) is 11.9. The Kier molecular flexibility index (Phi) is 7.60. The molecule has 2 aromatic heterocycles. The summed E-state index contributed by atoms with van der Waals surface area (Å²) >= 11 is 1.55. The summed E-state index contributed by atoms with van der Waals surface area (Å²) in [7, 11) is 5.92. The van der Waals surface area contributed by atoms with Gasteiger partial charge in [-0.1, -0.05) is 13.8 Å². The topological polar surface area (TPSA) is 84.0 Å². The molecule has 1 amide bonds. The minimum atomic E-state index is -0.142. The van der Waals surface area contributed by atoms with Crippen LogP contribution in [0.4, 0.5) is 33.8 Å². The molecular weight excluding hydrogens is 534 g/mol. The van der Waals surface area contributed by atoms with Gasteiger partial charge in [-0.05, 0) is 50.6 Å². The number of aryl methyl sites for hydroxylation is 1. The quantitative estimate of drug-likeness (QED) is 0.466. The smallest absolute Gasteiger partial charge is 0.279 e. The predicted molar refractivity (Wildman–Crippen MR) is 168 cm³/mol. The van der Waals surface area contributed by atoms with E-state index < -0.39 is 0 Å².